The molecule has 0 bridgehead atoms. The van der Waals surface area contributed by atoms with Crippen LogP contribution in [0.25, 0.3) is 0 Å². The van der Waals surface area contributed by atoms with Gasteiger partial charge in [0.15, 0.2) is 17.3 Å². The number of aliphatic hydroxyl groups is 1. The normalized spacial score (nSPS) is 28.7. The molecule has 21 nitrogen and oxygen atoms in total. The molecule has 0 aliphatic carbocycles. The van der Waals surface area contributed by atoms with Gasteiger partial charge in [0, 0.05) is 112 Å². The number of amides is 8. The Morgan fingerprint density at radius 3 is 1.35 bits per heavy atom. The van der Waals surface area contributed by atoms with E-state index in [0.29, 0.717) is 6.54 Å². The topological polar surface area (TPSA) is 246 Å². The third-order valence-electron chi connectivity index (χ3n) is 19.1. The highest BCUT2D eigenvalue weighted by Gasteiger charge is 2.47. The van der Waals surface area contributed by atoms with Gasteiger partial charge in [0.2, 0.25) is 47.3 Å². The Kier molecular flexibility index (Phi) is 32.0. The first kappa shape index (κ1) is 81.6. The summed E-state index contributed by atoms with van der Waals surface area (Å²) >= 11 is 0. The van der Waals surface area contributed by atoms with Crippen molar-refractivity contribution >= 4 is 64.6 Å². The lowest BCUT2D eigenvalue weighted by Crippen LogP contribution is -2.62. The third-order valence-corrected chi connectivity index (χ3v) is 19.1. The highest BCUT2D eigenvalue weighted by Crippen LogP contribution is 2.32. The van der Waals surface area contributed by atoms with Crippen LogP contribution in [0.2, 0.25) is 0 Å². The minimum absolute atomic E-state index is 0.0846. The molecule has 2 saturated heterocycles. The molecule has 91 heavy (non-hydrogen) atoms. The van der Waals surface area contributed by atoms with Gasteiger partial charge in [-0.05, 0) is 93.9 Å². The minimum atomic E-state index is -2.79. The van der Waals surface area contributed by atoms with Crippen LogP contribution in [0.3, 0.4) is 0 Å². The van der Waals surface area contributed by atoms with Gasteiger partial charge < -0.3 is 49.6 Å². The predicted molar refractivity (Wildman–Crippen MR) is 348 cm³/mol. The molecule has 2 fully saturated rings. The molecule has 8 amide bonds. The van der Waals surface area contributed by atoms with E-state index in [1.54, 1.807) is 62.3 Å². The maximum atomic E-state index is 15.4. The number of ketones is 3. The number of halogens is 2. The Labute approximate surface area is 544 Å². The fourth-order valence-corrected chi connectivity index (χ4v) is 12.9. The molecule has 2 heterocycles. The first-order valence-electron chi connectivity index (χ1n) is 33.4. The number of hydrogen-bond acceptors (Lipinski definition) is 13. The molecular formula is C68H119F2N9O12. The highest BCUT2D eigenvalue weighted by atomic mass is 19.3. The standard InChI is InChI=1S/C68H119F2N9O12/c1-25-48-36-55(82)58(59(83)44(14)26-29-79-30-27-68(69,70)28-31-79)78(24)67(91)57(43(12)13)77(23)65(89)52(34-40(6)7)75(21)66(90)56(42(10)11)76(22)61(85)46(16)71-60(84)45(15)35-53(80)50(32-38(2)3)74(20)64(88)49(41(8)9)37-54(81)51(33-39(4)5)73(19)62(86)47(17)72(18)63(48)87/h38-52,56-59,83H,25-37H2,1-24H3,(H,71,84)/t44-,45+,46+,47-,48+,49-,50-,51+,52-,56?,57-,58+,59-/m1/s1. The molecule has 0 spiro atoms. The van der Waals surface area contributed by atoms with Gasteiger partial charge in [-0.15, -0.1) is 0 Å². The van der Waals surface area contributed by atoms with Crippen LogP contribution in [0.4, 0.5) is 8.78 Å². The summed E-state index contributed by atoms with van der Waals surface area (Å²) in [5.41, 5.74) is 0. The number of hydrogen-bond donors (Lipinski definition) is 2. The summed E-state index contributed by atoms with van der Waals surface area (Å²) in [7, 11) is 10.1. The smallest absolute Gasteiger partial charge is 0.250 e. The molecular weight excluding hydrogens is 1170 g/mol. The van der Waals surface area contributed by atoms with E-state index in [-0.39, 0.29) is 88.6 Å². The Morgan fingerprint density at radius 2 is 0.901 bits per heavy atom. The molecule has 0 radical (unpaired) electrons. The molecule has 2 aliphatic heterocycles. The average Bonchev–Trinajstić information content (AvgIpc) is 0.958. The van der Waals surface area contributed by atoms with Gasteiger partial charge in [0.05, 0.1) is 18.2 Å². The monoisotopic (exact) mass is 1290 g/mol. The maximum absolute atomic E-state index is 15.4. The first-order chi connectivity index (χ1) is 41.9. The third kappa shape index (κ3) is 22.1. The van der Waals surface area contributed by atoms with E-state index in [1.165, 1.54) is 92.6 Å². The number of carbonyl (C=O) groups is 11. The zero-order chi connectivity index (χ0) is 70.3. The largest absolute Gasteiger partial charge is 0.390 e. The van der Waals surface area contributed by atoms with Crippen molar-refractivity contribution in [3.8, 4) is 0 Å². The summed E-state index contributed by atoms with van der Waals surface area (Å²) < 4.78 is 28.4. The quantitative estimate of drug-likeness (QED) is 0.174. The number of aliphatic hydroxyl groups excluding tert-OH is 1. The van der Waals surface area contributed by atoms with Gasteiger partial charge in [0.1, 0.15) is 36.3 Å². The summed E-state index contributed by atoms with van der Waals surface area (Å²) in [6.45, 7) is 30.2. The average molecular weight is 1290 g/mol. The van der Waals surface area contributed by atoms with E-state index in [9.17, 15) is 52.2 Å². The second kappa shape index (κ2) is 35.7. The Bertz CT molecular complexity index is 2500. The molecule has 1 unspecified atom stereocenters. The molecule has 0 aromatic carbocycles. The fraction of sp³-hybridized carbons (Fsp3) is 0.838. The zero-order valence-corrected chi connectivity index (χ0v) is 59.9. The maximum Gasteiger partial charge on any atom is 0.250 e. The predicted octanol–water partition coefficient (Wildman–Crippen LogP) is 6.69. The second-order valence-electron chi connectivity index (χ2n) is 29.1. The number of likely N-dealkylation sites (tertiary alicyclic amines) is 1. The number of piperidine rings is 1. The van der Waals surface area contributed by atoms with Crippen molar-refractivity contribution in [2.24, 2.45) is 59.2 Å². The molecule has 522 valence electrons. The van der Waals surface area contributed by atoms with Crippen molar-refractivity contribution in [2.75, 3.05) is 69.0 Å². The Hall–Kier alpha value is -5.45. The lowest BCUT2D eigenvalue weighted by Gasteiger charge is -2.42. The number of alkyl halides is 2. The van der Waals surface area contributed by atoms with Crippen LogP contribution in [0.15, 0.2) is 0 Å². The summed E-state index contributed by atoms with van der Waals surface area (Å²) in [6, 6.07) is -9.68. The summed E-state index contributed by atoms with van der Waals surface area (Å²) in [5, 5.41) is 15.2. The van der Waals surface area contributed by atoms with Crippen molar-refractivity contribution in [2.45, 2.75) is 242 Å². The van der Waals surface area contributed by atoms with Crippen LogP contribution >= 0.6 is 0 Å². The minimum Gasteiger partial charge on any atom is -0.390 e. The van der Waals surface area contributed by atoms with Crippen LogP contribution < -0.4 is 5.32 Å². The van der Waals surface area contributed by atoms with Gasteiger partial charge in [-0.3, -0.25) is 52.7 Å². The van der Waals surface area contributed by atoms with E-state index in [2.05, 4.69) is 5.32 Å². The van der Waals surface area contributed by atoms with Gasteiger partial charge in [-0.2, -0.15) is 0 Å². The molecule has 0 aromatic heterocycles. The van der Waals surface area contributed by atoms with Gasteiger partial charge in [-0.1, -0.05) is 104 Å². The number of Topliss-reactive ketones (excluding diaryl/α,β-unsaturated/α-hetero) is 3. The van der Waals surface area contributed by atoms with Crippen LogP contribution in [-0.4, -0.2) is 238 Å². The fourth-order valence-electron chi connectivity index (χ4n) is 12.9. The SMILES string of the molecule is CC[C@H]1CC(=O)[C@@H]([C@H](O)[C@H](C)CCN2CCC(F)(F)CC2)N(C)C(=O)[C@@H](C(C)C)N(C)C(=O)[C@@H](CC(C)C)N(C)C(=O)C(C(C)C)N(C)C(=O)[C@H](C)NC(=O)[C@@H](C)CC(=O)[C@@H](CC(C)C)N(C)C(=O)[C@@H](C(C)C)CC(=O)[C@H](CC(C)C)N(C)C(=O)[C@@H](C)N(C)C1=O. The van der Waals surface area contributed by atoms with E-state index >= 15 is 14.4 Å². The molecule has 0 saturated carbocycles. The molecule has 23 heteroatoms. The lowest BCUT2D eigenvalue weighted by molar-refractivity contribution is -0.157. The summed E-state index contributed by atoms with van der Waals surface area (Å²) in [5.74, 6) is -14.9. The Morgan fingerprint density at radius 1 is 0.484 bits per heavy atom. The van der Waals surface area contributed by atoms with Crippen molar-refractivity contribution in [3.05, 3.63) is 0 Å². The van der Waals surface area contributed by atoms with Crippen LogP contribution in [0.1, 0.15) is 182 Å². The van der Waals surface area contributed by atoms with E-state index in [4.69, 9.17) is 0 Å². The van der Waals surface area contributed by atoms with E-state index in [0.717, 1.165) is 4.90 Å². The van der Waals surface area contributed by atoms with E-state index in [1.807, 2.05) is 46.4 Å². The Balaban J connectivity index is 2.99. The molecule has 2 rings (SSSR count). The van der Waals surface area contributed by atoms with Crippen molar-refractivity contribution in [3.63, 3.8) is 0 Å². The van der Waals surface area contributed by atoms with Crippen LogP contribution in [-0.2, 0) is 52.7 Å². The van der Waals surface area contributed by atoms with Gasteiger partial charge in [0.25, 0.3) is 5.92 Å². The number of carbonyl (C=O) groups excluding carboxylic acids is 11. The number of rotatable bonds is 15. The first-order valence-corrected chi connectivity index (χ1v) is 33.4. The number of nitrogens with zero attached hydrogens (tertiary/aromatic N) is 8. The van der Waals surface area contributed by atoms with Crippen molar-refractivity contribution < 1.29 is 66.6 Å². The molecule has 2 aliphatic rings. The van der Waals surface area contributed by atoms with Crippen molar-refractivity contribution in [1.29, 1.82) is 0 Å². The van der Waals surface area contributed by atoms with E-state index < -0.39 is 173 Å². The van der Waals surface area contributed by atoms with Gasteiger partial charge >= 0.3 is 0 Å². The van der Waals surface area contributed by atoms with Gasteiger partial charge in [-0.25, -0.2) is 8.78 Å². The number of likely N-dealkylation sites (N-methyl/N-ethyl adjacent to an activating group) is 7. The van der Waals surface area contributed by atoms with Crippen LogP contribution in [0, 0.1) is 59.2 Å². The molecule has 2 N–H and O–H groups in total. The molecule has 0 aromatic rings. The number of nitrogens with one attached hydrogen (secondary N) is 1. The summed E-state index contributed by atoms with van der Waals surface area (Å²) in [6.07, 6.45) is -2.43. The molecule has 13 atom stereocenters. The van der Waals surface area contributed by atoms with Crippen LogP contribution in [0.5, 0.6) is 0 Å². The summed E-state index contributed by atoms with van der Waals surface area (Å²) in [4.78, 5) is 173. The second-order valence-corrected chi connectivity index (χ2v) is 29.1. The highest BCUT2D eigenvalue weighted by molar-refractivity contribution is 6.00. The lowest BCUT2D eigenvalue weighted by atomic mass is 9.84. The van der Waals surface area contributed by atoms with Crippen molar-refractivity contribution in [1.82, 2.24) is 44.5 Å². The zero-order valence-electron chi connectivity index (χ0n) is 59.9.